The highest BCUT2D eigenvalue weighted by Gasteiger charge is 2.51. The summed E-state index contributed by atoms with van der Waals surface area (Å²) in [5.74, 6) is 0. The van der Waals surface area contributed by atoms with Crippen molar-refractivity contribution in [1.29, 1.82) is 0 Å². The number of ether oxygens (including phenoxy) is 2. The molecule has 0 aromatic heterocycles. The highest BCUT2D eigenvalue weighted by atomic mass is 28.4. The summed E-state index contributed by atoms with van der Waals surface area (Å²) < 4.78 is 17.2. The van der Waals surface area contributed by atoms with E-state index in [1.54, 1.807) is 0 Å². The largest absolute Gasteiger partial charge is 0.416 e. The molecule has 3 rings (SSSR count). The Morgan fingerprint density at radius 3 is 2.15 bits per heavy atom. The second-order valence-electron chi connectivity index (χ2n) is 6.09. The van der Waals surface area contributed by atoms with E-state index in [4.69, 9.17) is 13.9 Å². The molecule has 3 nitrogen and oxygen atoms in total. The monoisotopic (exact) mass is 292 g/mol. The average Bonchev–Trinajstić information content (AvgIpc) is 2.31. The van der Waals surface area contributed by atoms with E-state index in [0.29, 0.717) is 11.1 Å². The summed E-state index contributed by atoms with van der Waals surface area (Å²) in [5, 5.41) is 0. The summed E-state index contributed by atoms with van der Waals surface area (Å²) in [6.07, 6.45) is 2.21. The van der Waals surface area contributed by atoms with E-state index in [1.165, 1.54) is 5.56 Å². The molecule has 0 aliphatic carbocycles. The third-order valence-corrected chi connectivity index (χ3v) is 9.50. The Morgan fingerprint density at radius 2 is 1.65 bits per heavy atom. The third-order valence-electron chi connectivity index (χ3n) is 4.76. The highest BCUT2D eigenvalue weighted by Crippen LogP contribution is 2.42. The number of hydrogen-bond donors (Lipinski definition) is 0. The standard InChI is InChI=1S/C16H24O3Si/c1-20(15-10-17-11-15,16-12-18-13-16)19-9-5-8-14-6-3-2-4-7-14/h2-4,6-7,15-16H,5,8-13H2,1H3. The van der Waals surface area contributed by atoms with E-state index in [-0.39, 0.29) is 0 Å². The Labute approximate surface area is 122 Å². The molecule has 2 aliphatic rings. The fourth-order valence-corrected chi connectivity index (χ4v) is 6.43. The Morgan fingerprint density at radius 1 is 1.05 bits per heavy atom. The second-order valence-corrected chi connectivity index (χ2v) is 10.4. The Kier molecular flexibility index (Phi) is 4.56. The first kappa shape index (κ1) is 14.3. The summed E-state index contributed by atoms with van der Waals surface area (Å²) in [6.45, 7) is 6.87. The van der Waals surface area contributed by atoms with E-state index < -0.39 is 8.32 Å². The number of rotatable bonds is 7. The van der Waals surface area contributed by atoms with Crippen LogP contribution in [0.4, 0.5) is 0 Å². The van der Waals surface area contributed by atoms with Gasteiger partial charge in [0.2, 0.25) is 8.32 Å². The van der Waals surface area contributed by atoms with Crippen molar-refractivity contribution in [2.24, 2.45) is 0 Å². The van der Waals surface area contributed by atoms with Gasteiger partial charge in [0.1, 0.15) is 0 Å². The van der Waals surface area contributed by atoms with Gasteiger partial charge in [-0.05, 0) is 25.0 Å². The molecular weight excluding hydrogens is 268 g/mol. The zero-order valence-corrected chi connectivity index (χ0v) is 13.2. The zero-order valence-electron chi connectivity index (χ0n) is 12.2. The molecule has 4 heteroatoms. The first-order chi connectivity index (χ1) is 9.79. The van der Waals surface area contributed by atoms with Crippen LogP contribution in [0.15, 0.2) is 30.3 Å². The van der Waals surface area contributed by atoms with E-state index in [2.05, 4.69) is 36.9 Å². The van der Waals surface area contributed by atoms with Crippen LogP contribution >= 0.6 is 0 Å². The lowest BCUT2D eigenvalue weighted by Crippen LogP contribution is -2.57. The minimum atomic E-state index is -1.67. The van der Waals surface area contributed by atoms with Crippen molar-refractivity contribution < 1.29 is 13.9 Å². The van der Waals surface area contributed by atoms with Gasteiger partial charge in [0, 0.05) is 17.7 Å². The minimum absolute atomic E-state index is 0.674. The van der Waals surface area contributed by atoms with Crippen LogP contribution in [0.3, 0.4) is 0 Å². The molecule has 0 saturated carbocycles. The number of hydrogen-bond acceptors (Lipinski definition) is 3. The van der Waals surface area contributed by atoms with Crippen molar-refractivity contribution in [3.05, 3.63) is 35.9 Å². The lowest BCUT2D eigenvalue weighted by Gasteiger charge is -2.47. The van der Waals surface area contributed by atoms with E-state index in [1.807, 2.05) is 0 Å². The Hall–Kier alpha value is -0.683. The molecule has 20 heavy (non-hydrogen) atoms. The molecule has 0 N–H and O–H groups in total. The Bertz CT molecular complexity index is 401. The second kappa shape index (κ2) is 6.39. The maximum Gasteiger partial charge on any atom is 0.204 e. The first-order valence-corrected chi connectivity index (χ1v) is 10.2. The smallest absolute Gasteiger partial charge is 0.204 e. The molecule has 0 bridgehead atoms. The fraction of sp³-hybridized carbons (Fsp3) is 0.625. The molecule has 2 aliphatic heterocycles. The fourth-order valence-electron chi connectivity index (χ4n) is 2.92. The van der Waals surface area contributed by atoms with Crippen LogP contribution < -0.4 is 0 Å². The summed E-state index contributed by atoms with van der Waals surface area (Å²) in [6, 6.07) is 10.7. The molecule has 2 fully saturated rings. The average molecular weight is 292 g/mol. The lowest BCUT2D eigenvalue weighted by atomic mass is 10.1. The van der Waals surface area contributed by atoms with Crippen molar-refractivity contribution in [3.63, 3.8) is 0 Å². The van der Waals surface area contributed by atoms with Crippen LogP contribution in [0.25, 0.3) is 0 Å². The summed E-state index contributed by atoms with van der Waals surface area (Å²) in [4.78, 5) is 0. The molecule has 2 heterocycles. The van der Waals surface area contributed by atoms with Gasteiger partial charge in [-0.1, -0.05) is 30.3 Å². The van der Waals surface area contributed by atoms with Gasteiger partial charge in [0.25, 0.3) is 0 Å². The minimum Gasteiger partial charge on any atom is -0.416 e. The normalized spacial score (nSPS) is 20.4. The topological polar surface area (TPSA) is 27.7 Å². The Balaban J connectivity index is 1.47. The number of aryl methyl sites for hydroxylation is 1. The number of benzene rings is 1. The molecule has 1 aromatic carbocycles. The predicted octanol–water partition coefficient (Wildman–Crippen LogP) is 3.01. The van der Waals surface area contributed by atoms with Gasteiger partial charge >= 0.3 is 0 Å². The van der Waals surface area contributed by atoms with Gasteiger partial charge in [-0.2, -0.15) is 0 Å². The predicted molar refractivity (Wildman–Crippen MR) is 81.5 cm³/mol. The quantitative estimate of drug-likeness (QED) is 0.571. The third kappa shape index (κ3) is 2.98. The van der Waals surface area contributed by atoms with Gasteiger partial charge < -0.3 is 13.9 Å². The van der Waals surface area contributed by atoms with E-state index in [9.17, 15) is 0 Å². The van der Waals surface area contributed by atoms with Crippen LogP contribution in [0.5, 0.6) is 0 Å². The van der Waals surface area contributed by atoms with Crippen LogP contribution in [0.1, 0.15) is 12.0 Å². The molecule has 2 saturated heterocycles. The summed E-state index contributed by atoms with van der Waals surface area (Å²) in [7, 11) is -1.67. The summed E-state index contributed by atoms with van der Waals surface area (Å²) >= 11 is 0. The van der Waals surface area contributed by atoms with Crippen molar-refractivity contribution in [2.45, 2.75) is 30.5 Å². The van der Waals surface area contributed by atoms with Crippen molar-refractivity contribution in [3.8, 4) is 0 Å². The van der Waals surface area contributed by atoms with Crippen LogP contribution in [-0.4, -0.2) is 41.4 Å². The maximum absolute atomic E-state index is 6.44. The van der Waals surface area contributed by atoms with Crippen molar-refractivity contribution in [1.82, 2.24) is 0 Å². The molecule has 1 aromatic rings. The SMILES string of the molecule is C[Si](OCCCc1ccccc1)(C1COC1)C1COC1. The molecular formula is C16H24O3Si. The molecule has 0 spiro atoms. The van der Waals surface area contributed by atoms with Gasteiger partial charge in [0.05, 0.1) is 26.4 Å². The van der Waals surface area contributed by atoms with Gasteiger partial charge in [-0.3, -0.25) is 0 Å². The maximum atomic E-state index is 6.44. The first-order valence-electron chi connectivity index (χ1n) is 7.62. The highest BCUT2D eigenvalue weighted by molar-refractivity contribution is 6.76. The van der Waals surface area contributed by atoms with E-state index >= 15 is 0 Å². The molecule has 0 unspecified atom stereocenters. The van der Waals surface area contributed by atoms with Crippen molar-refractivity contribution in [2.75, 3.05) is 33.0 Å². The van der Waals surface area contributed by atoms with Gasteiger partial charge in [0.15, 0.2) is 0 Å². The molecule has 0 amide bonds. The lowest BCUT2D eigenvalue weighted by molar-refractivity contribution is -0.00240. The van der Waals surface area contributed by atoms with Crippen LogP contribution in [0, 0.1) is 0 Å². The van der Waals surface area contributed by atoms with E-state index in [0.717, 1.165) is 45.9 Å². The van der Waals surface area contributed by atoms with Crippen LogP contribution in [-0.2, 0) is 20.3 Å². The summed E-state index contributed by atoms with van der Waals surface area (Å²) in [5.41, 5.74) is 2.75. The molecule has 110 valence electrons. The van der Waals surface area contributed by atoms with Gasteiger partial charge in [-0.15, -0.1) is 0 Å². The zero-order chi connectivity index (χ0) is 13.8. The molecule has 0 radical (unpaired) electrons. The van der Waals surface area contributed by atoms with Gasteiger partial charge in [-0.25, -0.2) is 0 Å². The van der Waals surface area contributed by atoms with Crippen LogP contribution in [0.2, 0.25) is 17.6 Å². The molecule has 0 atom stereocenters. The van der Waals surface area contributed by atoms with Crippen molar-refractivity contribution >= 4 is 8.32 Å².